The van der Waals surface area contributed by atoms with Crippen molar-refractivity contribution in [3.05, 3.63) is 33.3 Å². The van der Waals surface area contributed by atoms with Gasteiger partial charge in [-0.3, -0.25) is 4.79 Å². The summed E-state index contributed by atoms with van der Waals surface area (Å²) in [7, 11) is 0. The third kappa shape index (κ3) is 1.46. The second-order valence-corrected chi connectivity index (χ2v) is 4.04. The minimum atomic E-state index is 0.475. The molecule has 0 saturated carbocycles. The number of halogens is 1. The Kier molecular flexibility index (Phi) is 2.07. The lowest BCUT2D eigenvalue weighted by Crippen LogP contribution is -1.87. The molecule has 0 aliphatic rings. The molecule has 0 aliphatic heterocycles. The number of aldehydes is 1. The summed E-state index contributed by atoms with van der Waals surface area (Å²) in [6.07, 6.45) is 4.45. The third-order valence-electron chi connectivity index (χ3n) is 1.78. The van der Waals surface area contributed by atoms with Gasteiger partial charge in [-0.05, 0) is 41.1 Å². The third-order valence-corrected chi connectivity index (χ3v) is 2.58. The molecule has 2 aromatic rings. The van der Waals surface area contributed by atoms with Crippen LogP contribution in [-0.2, 0) is 0 Å². The number of aromatic nitrogens is 2. The maximum absolute atomic E-state index is 10.5. The van der Waals surface area contributed by atoms with Crippen LogP contribution in [0.4, 0.5) is 0 Å². The summed E-state index contributed by atoms with van der Waals surface area (Å²) in [5.74, 6) is 0. The van der Waals surface area contributed by atoms with E-state index in [1.54, 1.807) is 6.20 Å². The summed E-state index contributed by atoms with van der Waals surface area (Å²) in [5, 5.41) is 0. The zero-order valence-electron chi connectivity index (χ0n) is 6.99. The largest absolute Gasteiger partial charge is 0.305 e. The van der Waals surface area contributed by atoms with Gasteiger partial charge in [0.1, 0.15) is 5.69 Å². The number of hydrogen-bond acceptors (Lipinski definition) is 2. The highest BCUT2D eigenvalue weighted by molar-refractivity contribution is 14.1. The second-order valence-electron chi connectivity index (χ2n) is 2.88. The van der Waals surface area contributed by atoms with Crippen molar-refractivity contribution in [2.24, 2.45) is 0 Å². The maximum Gasteiger partial charge on any atom is 0.170 e. The Bertz CT molecular complexity index is 476. The second kappa shape index (κ2) is 3.10. The molecule has 0 amide bonds. The minimum Gasteiger partial charge on any atom is -0.305 e. The fourth-order valence-corrected chi connectivity index (χ4v) is 2.16. The molecule has 0 unspecified atom stereocenters. The molecule has 2 rings (SSSR count). The van der Waals surface area contributed by atoms with E-state index in [0.717, 1.165) is 21.1 Å². The molecule has 3 nitrogen and oxygen atoms in total. The van der Waals surface area contributed by atoms with Gasteiger partial charge in [0, 0.05) is 12.4 Å². The average Bonchev–Trinajstić information content (AvgIpc) is 2.47. The summed E-state index contributed by atoms with van der Waals surface area (Å²) < 4.78 is 2.94. The number of rotatable bonds is 1. The monoisotopic (exact) mass is 286 g/mol. The molecule has 66 valence electrons. The molecule has 0 aliphatic carbocycles. The predicted molar refractivity (Wildman–Crippen MR) is 58.0 cm³/mol. The number of carbonyl (C=O) groups is 1. The molecule has 2 heterocycles. The average molecular weight is 286 g/mol. The van der Waals surface area contributed by atoms with Crippen LogP contribution >= 0.6 is 22.6 Å². The van der Waals surface area contributed by atoms with Crippen LogP contribution < -0.4 is 0 Å². The Balaban J connectivity index is 2.82. The molecule has 0 N–H and O–H groups in total. The quantitative estimate of drug-likeness (QED) is 0.594. The van der Waals surface area contributed by atoms with E-state index >= 15 is 0 Å². The first-order chi connectivity index (χ1) is 6.20. The van der Waals surface area contributed by atoms with Crippen LogP contribution in [0.2, 0.25) is 0 Å². The Hall–Kier alpha value is -0.910. The van der Waals surface area contributed by atoms with Gasteiger partial charge in [-0.2, -0.15) is 0 Å². The number of carbonyl (C=O) groups excluding carboxylic acids is 1. The lowest BCUT2D eigenvalue weighted by Gasteiger charge is -1.97. The number of aryl methyl sites for hydroxylation is 1. The van der Waals surface area contributed by atoms with Gasteiger partial charge in [-0.15, -0.1) is 0 Å². The molecular formula is C9H7IN2O. The standard InChI is InChI=1S/C9H7IN2O/c1-6-2-8(10)9-11-7(5-13)4-12(9)3-6/h2-5H,1H3. The molecule has 13 heavy (non-hydrogen) atoms. The molecule has 0 spiro atoms. The van der Waals surface area contributed by atoms with Crippen LogP contribution in [0.1, 0.15) is 16.1 Å². The molecule has 0 bridgehead atoms. The number of hydrogen-bond donors (Lipinski definition) is 0. The van der Waals surface area contributed by atoms with Gasteiger partial charge < -0.3 is 4.40 Å². The van der Waals surface area contributed by atoms with Crippen molar-refractivity contribution in [2.75, 3.05) is 0 Å². The predicted octanol–water partition coefficient (Wildman–Crippen LogP) is 2.06. The van der Waals surface area contributed by atoms with Crippen molar-refractivity contribution in [1.82, 2.24) is 9.38 Å². The van der Waals surface area contributed by atoms with E-state index in [9.17, 15) is 4.79 Å². The SMILES string of the molecule is Cc1cc(I)c2nc(C=O)cn2c1. The first-order valence-corrected chi connectivity index (χ1v) is 4.88. The van der Waals surface area contributed by atoms with E-state index in [2.05, 4.69) is 27.6 Å². The summed E-state index contributed by atoms with van der Waals surface area (Å²) >= 11 is 2.21. The van der Waals surface area contributed by atoms with Crippen LogP contribution in [0.5, 0.6) is 0 Å². The van der Waals surface area contributed by atoms with Gasteiger partial charge in [0.25, 0.3) is 0 Å². The van der Waals surface area contributed by atoms with Crippen molar-refractivity contribution in [1.29, 1.82) is 0 Å². The van der Waals surface area contributed by atoms with Gasteiger partial charge in [0.2, 0.25) is 0 Å². The van der Waals surface area contributed by atoms with Crippen LogP contribution in [0.15, 0.2) is 18.5 Å². The van der Waals surface area contributed by atoms with Crippen molar-refractivity contribution in [2.45, 2.75) is 6.92 Å². The normalized spacial score (nSPS) is 10.6. The summed E-state index contributed by atoms with van der Waals surface area (Å²) in [6.45, 7) is 2.02. The fourth-order valence-electron chi connectivity index (χ4n) is 1.27. The molecule has 0 radical (unpaired) electrons. The summed E-state index contributed by atoms with van der Waals surface area (Å²) in [5.41, 5.74) is 2.48. The highest BCUT2D eigenvalue weighted by Gasteiger charge is 2.04. The highest BCUT2D eigenvalue weighted by Crippen LogP contribution is 2.14. The Morgan fingerprint density at radius 3 is 3.00 bits per heavy atom. The molecule has 4 heteroatoms. The van der Waals surface area contributed by atoms with Crippen LogP contribution in [-0.4, -0.2) is 15.7 Å². The van der Waals surface area contributed by atoms with Crippen LogP contribution in [0.25, 0.3) is 5.65 Å². The van der Waals surface area contributed by atoms with Crippen LogP contribution in [0.3, 0.4) is 0 Å². The van der Waals surface area contributed by atoms with Gasteiger partial charge in [0.15, 0.2) is 11.9 Å². The van der Waals surface area contributed by atoms with E-state index in [1.165, 1.54) is 0 Å². The summed E-state index contributed by atoms with van der Waals surface area (Å²) in [4.78, 5) is 14.7. The molecular weight excluding hydrogens is 279 g/mol. The number of nitrogens with zero attached hydrogens (tertiary/aromatic N) is 2. The smallest absolute Gasteiger partial charge is 0.170 e. The van der Waals surface area contributed by atoms with Crippen LogP contribution in [0, 0.1) is 10.5 Å². The van der Waals surface area contributed by atoms with E-state index in [0.29, 0.717) is 5.69 Å². The minimum absolute atomic E-state index is 0.475. The topological polar surface area (TPSA) is 34.4 Å². The highest BCUT2D eigenvalue weighted by atomic mass is 127. The van der Waals surface area contributed by atoms with E-state index in [1.807, 2.05) is 23.6 Å². The first-order valence-electron chi connectivity index (χ1n) is 3.81. The zero-order chi connectivity index (χ0) is 9.42. The molecule has 0 fully saturated rings. The van der Waals surface area contributed by atoms with E-state index < -0.39 is 0 Å². The maximum atomic E-state index is 10.5. The van der Waals surface area contributed by atoms with Gasteiger partial charge >= 0.3 is 0 Å². The van der Waals surface area contributed by atoms with Crippen molar-refractivity contribution >= 4 is 34.5 Å². The molecule has 0 aromatic carbocycles. The van der Waals surface area contributed by atoms with Crippen molar-refractivity contribution in [3.63, 3.8) is 0 Å². The molecule has 0 saturated heterocycles. The van der Waals surface area contributed by atoms with Gasteiger partial charge in [0.05, 0.1) is 3.57 Å². The lowest BCUT2D eigenvalue weighted by molar-refractivity contribution is 0.111. The van der Waals surface area contributed by atoms with Gasteiger partial charge in [-0.25, -0.2) is 4.98 Å². The fraction of sp³-hybridized carbons (Fsp3) is 0.111. The van der Waals surface area contributed by atoms with E-state index in [4.69, 9.17) is 0 Å². The Morgan fingerprint density at radius 2 is 2.31 bits per heavy atom. The first kappa shape index (κ1) is 8.68. The lowest BCUT2D eigenvalue weighted by atomic mass is 10.3. The Labute approximate surface area is 88.9 Å². The number of pyridine rings is 1. The van der Waals surface area contributed by atoms with E-state index in [-0.39, 0.29) is 0 Å². The molecule has 0 atom stereocenters. The van der Waals surface area contributed by atoms with Crippen molar-refractivity contribution in [3.8, 4) is 0 Å². The summed E-state index contributed by atoms with van der Waals surface area (Å²) in [6, 6.07) is 2.04. The molecule has 2 aromatic heterocycles. The number of imidazole rings is 1. The Morgan fingerprint density at radius 1 is 1.54 bits per heavy atom. The van der Waals surface area contributed by atoms with Gasteiger partial charge in [-0.1, -0.05) is 0 Å². The van der Waals surface area contributed by atoms with Crippen molar-refractivity contribution < 1.29 is 4.79 Å². The zero-order valence-corrected chi connectivity index (χ0v) is 9.15. The number of fused-ring (bicyclic) bond motifs is 1.